The van der Waals surface area contributed by atoms with Crippen LogP contribution in [0.2, 0.25) is 0 Å². The number of carbonyl (C=O) groups is 2. The van der Waals surface area contributed by atoms with E-state index in [-0.39, 0.29) is 6.61 Å². The van der Waals surface area contributed by atoms with Gasteiger partial charge >= 0.3 is 12.1 Å². The second-order valence-corrected chi connectivity index (χ2v) is 5.97. The summed E-state index contributed by atoms with van der Waals surface area (Å²) < 4.78 is 16.8. The van der Waals surface area contributed by atoms with Gasteiger partial charge in [0.05, 0.1) is 12.3 Å². The number of hydrogen-bond donors (Lipinski definition) is 0. The SMILES string of the molecule is CCOC(=O)COc1cccc(-c2cn(C(=O)Oc3ccc(C)cc3)cn2)c1. The molecule has 28 heavy (non-hydrogen) atoms. The first-order valence-electron chi connectivity index (χ1n) is 8.77. The summed E-state index contributed by atoms with van der Waals surface area (Å²) in [5, 5.41) is 0. The van der Waals surface area contributed by atoms with Gasteiger partial charge in [-0.1, -0.05) is 29.8 Å². The third kappa shape index (κ3) is 4.97. The molecule has 0 bridgehead atoms. The van der Waals surface area contributed by atoms with Crippen molar-refractivity contribution in [3.63, 3.8) is 0 Å². The Morgan fingerprint density at radius 1 is 1.07 bits per heavy atom. The summed E-state index contributed by atoms with van der Waals surface area (Å²) in [5.74, 6) is 0.526. The first-order chi connectivity index (χ1) is 13.5. The fourth-order valence-electron chi connectivity index (χ4n) is 2.42. The number of esters is 1. The van der Waals surface area contributed by atoms with Gasteiger partial charge in [0.2, 0.25) is 0 Å². The summed E-state index contributed by atoms with van der Waals surface area (Å²) >= 11 is 0. The highest BCUT2D eigenvalue weighted by molar-refractivity contribution is 5.75. The fraction of sp³-hybridized carbons (Fsp3) is 0.190. The van der Waals surface area contributed by atoms with Gasteiger partial charge in [-0.15, -0.1) is 0 Å². The predicted octanol–water partition coefficient (Wildman–Crippen LogP) is 3.85. The van der Waals surface area contributed by atoms with Crippen molar-refractivity contribution in [2.75, 3.05) is 13.2 Å². The average Bonchev–Trinajstić information content (AvgIpc) is 3.19. The minimum atomic E-state index is -0.558. The van der Waals surface area contributed by atoms with Crippen LogP contribution in [0, 0.1) is 6.92 Å². The van der Waals surface area contributed by atoms with Gasteiger partial charge < -0.3 is 14.2 Å². The highest BCUT2D eigenvalue weighted by Gasteiger charge is 2.11. The van der Waals surface area contributed by atoms with Crippen LogP contribution < -0.4 is 9.47 Å². The van der Waals surface area contributed by atoms with Gasteiger partial charge in [-0.05, 0) is 38.1 Å². The minimum absolute atomic E-state index is 0.172. The highest BCUT2D eigenvalue weighted by Crippen LogP contribution is 2.23. The Morgan fingerprint density at radius 2 is 1.86 bits per heavy atom. The molecule has 0 aliphatic rings. The molecular weight excluding hydrogens is 360 g/mol. The first kappa shape index (κ1) is 19.2. The summed E-state index contributed by atoms with van der Waals surface area (Å²) in [7, 11) is 0. The molecule has 7 heteroatoms. The summed E-state index contributed by atoms with van der Waals surface area (Å²) in [6.45, 7) is 3.82. The van der Waals surface area contributed by atoms with E-state index in [2.05, 4.69) is 4.98 Å². The van der Waals surface area contributed by atoms with Crippen LogP contribution in [-0.2, 0) is 9.53 Å². The molecule has 0 amide bonds. The maximum atomic E-state index is 12.3. The monoisotopic (exact) mass is 380 g/mol. The van der Waals surface area contributed by atoms with Gasteiger partial charge in [0.25, 0.3) is 0 Å². The summed E-state index contributed by atoms with van der Waals surface area (Å²) in [6.07, 6.45) is 2.40. The number of carbonyl (C=O) groups excluding carboxylic acids is 2. The Bertz CT molecular complexity index is 963. The van der Waals surface area contributed by atoms with E-state index < -0.39 is 12.1 Å². The van der Waals surface area contributed by atoms with Crippen molar-refractivity contribution in [1.82, 2.24) is 9.55 Å². The van der Waals surface area contributed by atoms with E-state index in [0.717, 1.165) is 11.1 Å². The molecule has 0 spiro atoms. The zero-order valence-corrected chi connectivity index (χ0v) is 15.6. The minimum Gasteiger partial charge on any atom is -0.482 e. The zero-order valence-electron chi connectivity index (χ0n) is 15.6. The van der Waals surface area contributed by atoms with Crippen LogP contribution in [0.5, 0.6) is 11.5 Å². The molecule has 1 aromatic heterocycles. The molecular formula is C21H20N2O5. The number of benzene rings is 2. The number of imidazole rings is 1. The Balaban J connectivity index is 1.67. The van der Waals surface area contributed by atoms with Crippen molar-refractivity contribution >= 4 is 12.1 Å². The quantitative estimate of drug-likeness (QED) is 0.605. The molecule has 7 nitrogen and oxygen atoms in total. The van der Waals surface area contributed by atoms with E-state index in [1.807, 2.05) is 25.1 Å². The Kier molecular flexibility index (Phi) is 6.06. The molecule has 0 saturated heterocycles. The van der Waals surface area contributed by atoms with Gasteiger partial charge in [-0.3, -0.25) is 0 Å². The lowest BCUT2D eigenvalue weighted by molar-refractivity contribution is -0.145. The molecule has 0 aliphatic carbocycles. The van der Waals surface area contributed by atoms with Crippen LogP contribution in [0.25, 0.3) is 11.3 Å². The molecule has 0 saturated carbocycles. The van der Waals surface area contributed by atoms with Gasteiger partial charge in [0.15, 0.2) is 6.61 Å². The number of aryl methyl sites for hydroxylation is 1. The first-order valence-corrected chi connectivity index (χ1v) is 8.77. The lowest BCUT2D eigenvalue weighted by Gasteiger charge is -2.07. The van der Waals surface area contributed by atoms with Crippen molar-refractivity contribution in [2.45, 2.75) is 13.8 Å². The van der Waals surface area contributed by atoms with Crippen LogP contribution in [0.4, 0.5) is 4.79 Å². The molecule has 3 aromatic rings. The fourth-order valence-corrected chi connectivity index (χ4v) is 2.42. The normalized spacial score (nSPS) is 10.4. The molecule has 2 aromatic carbocycles. The van der Waals surface area contributed by atoms with Crippen LogP contribution >= 0.6 is 0 Å². The van der Waals surface area contributed by atoms with Crippen molar-refractivity contribution in [1.29, 1.82) is 0 Å². The Hall–Kier alpha value is -3.61. The van der Waals surface area contributed by atoms with Crippen molar-refractivity contribution < 1.29 is 23.8 Å². The summed E-state index contributed by atoms with van der Waals surface area (Å²) in [6, 6.07) is 14.3. The summed E-state index contributed by atoms with van der Waals surface area (Å²) in [4.78, 5) is 27.9. The van der Waals surface area contributed by atoms with E-state index in [9.17, 15) is 9.59 Å². The van der Waals surface area contributed by atoms with Crippen LogP contribution in [0.15, 0.2) is 61.1 Å². The molecule has 144 valence electrons. The van der Waals surface area contributed by atoms with Crippen LogP contribution in [0.1, 0.15) is 12.5 Å². The molecule has 0 radical (unpaired) electrons. The predicted molar refractivity (Wildman–Crippen MR) is 102 cm³/mol. The smallest absolute Gasteiger partial charge is 0.424 e. The zero-order chi connectivity index (χ0) is 19.9. The third-order valence-corrected chi connectivity index (χ3v) is 3.81. The highest BCUT2D eigenvalue weighted by atomic mass is 16.6. The largest absolute Gasteiger partial charge is 0.482 e. The molecule has 3 rings (SSSR count). The van der Waals surface area contributed by atoms with Gasteiger partial charge in [0, 0.05) is 11.8 Å². The lowest BCUT2D eigenvalue weighted by Crippen LogP contribution is -2.14. The van der Waals surface area contributed by atoms with E-state index in [1.54, 1.807) is 43.5 Å². The number of ether oxygens (including phenoxy) is 3. The summed E-state index contributed by atoms with van der Waals surface area (Å²) in [5.41, 5.74) is 2.39. The standard InChI is InChI=1S/C21H20N2O5/c1-3-26-20(24)13-27-18-6-4-5-16(11-18)19-12-23(14-22-19)21(25)28-17-9-7-15(2)8-10-17/h4-12,14H,3,13H2,1-2H3. The average molecular weight is 380 g/mol. The molecule has 0 aliphatic heterocycles. The van der Waals surface area contributed by atoms with E-state index in [4.69, 9.17) is 14.2 Å². The van der Waals surface area contributed by atoms with Gasteiger partial charge in [-0.25, -0.2) is 19.1 Å². The second kappa shape index (κ2) is 8.85. The van der Waals surface area contributed by atoms with Crippen molar-refractivity contribution in [3.8, 4) is 22.8 Å². The maximum Gasteiger partial charge on any atom is 0.424 e. The van der Waals surface area contributed by atoms with Crippen molar-refractivity contribution in [2.24, 2.45) is 0 Å². The lowest BCUT2D eigenvalue weighted by atomic mass is 10.1. The van der Waals surface area contributed by atoms with Crippen LogP contribution in [-0.4, -0.2) is 34.8 Å². The number of aromatic nitrogens is 2. The number of rotatable bonds is 6. The number of nitrogens with zero attached hydrogens (tertiary/aromatic N) is 2. The Morgan fingerprint density at radius 3 is 2.61 bits per heavy atom. The topological polar surface area (TPSA) is 79.7 Å². The van der Waals surface area contributed by atoms with E-state index in [0.29, 0.717) is 23.8 Å². The van der Waals surface area contributed by atoms with Crippen molar-refractivity contribution in [3.05, 3.63) is 66.6 Å². The van der Waals surface area contributed by atoms with Gasteiger partial charge in [0.1, 0.15) is 17.8 Å². The molecule has 0 fully saturated rings. The molecule has 0 atom stereocenters. The van der Waals surface area contributed by atoms with E-state index >= 15 is 0 Å². The third-order valence-electron chi connectivity index (χ3n) is 3.81. The molecule has 0 unspecified atom stereocenters. The molecule has 0 N–H and O–H groups in total. The van der Waals surface area contributed by atoms with Crippen LogP contribution in [0.3, 0.4) is 0 Å². The number of hydrogen-bond acceptors (Lipinski definition) is 6. The van der Waals surface area contributed by atoms with E-state index in [1.165, 1.54) is 10.9 Å². The second-order valence-electron chi connectivity index (χ2n) is 5.97. The maximum absolute atomic E-state index is 12.3. The Labute approximate surface area is 162 Å². The molecule has 1 heterocycles. The van der Waals surface area contributed by atoms with Gasteiger partial charge in [-0.2, -0.15) is 0 Å².